The highest BCUT2D eigenvalue weighted by Crippen LogP contribution is 2.44. The van der Waals surface area contributed by atoms with Crippen molar-refractivity contribution in [2.24, 2.45) is 0 Å². The van der Waals surface area contributed by atoms with E-state index < -0.39 is 5.60 Å². The maximum Gasteiger partial charge on any atom is 0.150 e. The van der Waals surface area contributed by atoms with Gasteiger partial charge in [-0.15, -0.1) is 0 Å². The molecule has 0 aromatic heterocycles. The van der Waals surface area contributed by atoms with Crippen molar-refractivity contribution in [2.75, 3.05) is 7.11 Å². The molecule has 0 amide bonds. The lowest BCUT2D eigenvalue weighted by molar-refractivity contribution is -0.108. The van der Waals surface area contributed by atoms with Gasteiger partial charge in [0.2, 0.25) is 0 Å². The number of aryl methyl sites for hydroxylation is 1. The molecule has 0 fully saturated rings. The zero-order valence-electron chi connectivity index (χ0n) is 11.3. The zero-order chi connectivity index (χ0) is 14.0. The number of aldehydes is 1. The molecule has 1 aliphatic heterocycles. The largest absolute Gasteiger partial charge is 0.496 e. The Hall–Kier alpha value is -1.48. The topological polar surface area (TPSA) is 35.5 Å². The van der Waals surface area contributed by atoms with Crippen molar-refractivity contribution in [3.05, 3.63) is 28.3 Å². The molecule has 1 unspecified atom stereocenters. The van der Waals surface area contributed by atoms with Gasteiger partial charge in [0.25, 0.3) is 0 Å². The average Bonchev–Trinajstić information content (AvgIpc) is 2.41. The van der Waals surface area contributed by atoms with Crippen LogP contribution in [0.2, 0.25) is 5.02 Å². The Labute approximate surface area is 118 Å². The summed E-state index contributed by atoms with van der Waals surface area (Å²) < 4.78 is 11.4. The van der Waals surface area contributed by atoms with Crippen LogP contribution in [0.15, 0.2) is 12.1 Å². The molecule has 0 bridgehead atoms. The lowest BCUT2D eigenvalue weighted by Crippen LogP contribution is -2.32. The predicted molar refractivity (Wildman–Crippen MR) is 76.1 cm³/mol. The van der Waals surface area contributed by atoms with Crippen LogP contribution in [0.3, 0.4) is 0 Å². The number of rotatable bonds is 4. The van der Waals surface area contributed by atoms with Crippen LogP contribution in [0.1, 0.15) is 30.9 Å². The summed E-state index contributed by atoms with van der Waals surface area (Å²) in [6.45, 7) is 3.86. The molecule has 1 aromatic rings. The summed E-state index contributed by atoms with van der Waals surface area (Å²) in [5.41, 5.74) is 1.25. The number of hydrogen-bond donors (Lipinski definition) is 0. The van der Waals surface area contributed by atoms with E-state index in [-0.39, 0.29) is 0 Å². The number of methoxy groups -OCH3 is 1. The fourth-order valence-electron chi connectivity index (χ4n) is 2.18. The van der Waals surface area contributed by atoms with Crippen LogP contribution in [0.4, 0.5) is 0 Å². The number of hydrogen-bond acceptors (Lipinski definition) is 3. The zero-order valence-corrected chi connectivity index (χ0v) is 12.1. The van der Waals surface area contributed by atoms with Crippen molar-refractivity contribution < 1.29 is 14.3 Å². The Bertz CT molecular complexity index is 537. The minimum Gasteiger partial charge on any atom is -0.496 e. The highest BCUT2D eigenvalue weighted by molar-refractivity contribution is 6.33. The third-order valence-electron chi connectivity index (χ3n) is 3.32. The Morgan fingerprint density at radius 3 is 2.89 bits per heavy atom. The third-order valence-corrected chi connectivity index (χ3v) is 3.79. The summed E-state index contributed by atoms with van der Waals surface area (Å²) in [5, 5.41) is 0.595. The second-order valence-corrected chi connectivity index (χ2v) is 5.28. The molecule has 0 spiro atoms. The fraction of sp³-hybridized carbons (Fsp3) is 0.400. The van der Waals surface area contributed by atoms with E-state index in [1.807, 2.05) is 32.1 Å². The highest BCUT2D eigenvalue weighted by atomic mass is 35.5. The van der Waals surface area contributed by atoms with Gasteiger partial charge in [-0.3, -0.25) is 0 Å². The van der Waals surface area contributed by atoms with Crippen LogP contribution in [0, 0.1) is 6.92 Å². The second-order valence-electron chi connectivity index (χ2n) is 4.91. The molecule has 3 nitrogen and oxygen atoms in total. The first kappa shape index (κ1) is 13.9. The van der Waals surface area contributed by atoms with Crippen LogP contribution in [-0.4, -0.2) is 19.0 Å². The minimum absolute atomic E-state index is 0.455. The summed E-state index contributed by atoms with van der Waals surface area (Å²) >= 11 is 6.32. The molecule has 1 aliphatic rings. The van der Waals surface area contributed by atoms with E-state index in [2.05, 4.69) is 0 Å². The first-order chi connectivity index (χ1) is 9.00. The van der Waals surface area contributed by atoms with Crippen molar-refractivity contribution in [1.82, 2.24) is 0 Å². The Morgan fingerprint density at radius 1 is 1.53 bits per heavy atom. The standard InChI is InChI=1S/C15H17ClO3/c1-10-9-12(18-3)11-5-7-15(2,6-4-8-17)19-14(11)13(10)16/h5,7-9H,4,6H2,1-3H3. The van der Waals surface area contributed by atoms with E-state index in [0.29, 0.717) is 23.6 Å². The summed E-state index contributed by atoms with van der Waals surface area (Å²) in [7, 11) is 1.62. The quantitative estimate of drug-likeness (QED) is 0.787. The van der Waals surface area contributed by atoms with E-state index in [4.69, 9.17) is 21.1 Å². The molecule has 4 heteroatoms. The van der Waals surface area contributed by atoms with Crippen LogP contribution >= 0.6 is 11.6 Å². The molecule has 2 rings (SSSR count). The van der Waals surface area contributed by atoms with E-state index in [9.17, 15) is 4.79 Å². The fourth-order valence-corrected chi connectivity index (χ4v) is 2.38. The maximum absolute atomic E-state index is 10.5. The van der Waals surface area contributed by atoms with E-state index in [1.54, 1.807) is 7.11 Å². The number of benzene rings is 1. The molecular formula is C15H17ClO3. The van der Waals surface area contributed by atoms with Gasteiger partial charge in [-0.25, -0.2) is 0 Å². The molecule has 1 heterocycles. The van der Waals surface area contributed by atoms with Gasteiger partial charge in [0.15, 0.2) is 0 Å². The van der Waals surface area contributed by atoms with Crippen LogP contribution in [0.25, 0.3) is 6.08 Å². The maximum atomic E-state index is 10.5. The first-order valence-corrected chi connectivity index (χ1v) is 6.57. The van der Waals surface area contributed by atoms with Crippen LogP contribution < -0.4 is 9.47 Å². The number of carbonyl (C=O) groups excluding carboxylic acids is 1. The SMILES string of the molecule is COc1cc(C)c(Cl)c2c1C=CC(C)(CCC=O)O2. The van der Waals surface area contributed by atoms with Crippen LogP contribution in [-0.2, 0) is 4.79 Å². The van der Waals surface area contributed by atoms with Gasteiger partial charge in [-0.1, -0.05) is 11.6 Å². The molecule has 19 heavy (non-hydrogen) atoms. The highest BCUT2D eigenvalue weighted by Gasteiger charge is 2.30. The predicted octanol–water partition coefficient (Wildman–Crippen LogP) is 3.80. The van der Waals surface area contributed by atoms with Crippen LogP contribution in [0.5, 0.6) is 11.5 Å². The molecular weight excluding hydrogens is 264 g/mol. The lowest BCUT2D eigenvalue weighted by Gasteiger charge is -2.32. The van der Waals surface area contributed by atoms with Gasteiger partial charge >= 0.3 is 0 Å². The van der Waals surface area contributed by atoms with E-state index >= 15 is 0 Å². The summed E-state index contributed by atoms with van der Waals surface area (Å²) in [4.78, 5) is 10.5. The molecule has 0 saturated heterocycles. The summed E-state index contributed by atoms with van der Waals surface area (Å²) in [6.07, 6.45) is 5.88. The first-order valence-electron chi connectivity index (χ1n) is 6.20. The van der Waals surface area contributed by atoms with Gasteiger partial charge in [0, 0.05) is 6.42 Å². The molecule has 1 atom stereocenters. The number of fused-ring (bicyclic) bond motifs is 1. The lowest BCUT2D eigenvalue weighted by atomic mass is 9.94. The molecule has 0 N–H and O–H groups in total. The van der Waals surface area contributed by atoms with Crippen molar-refractivity contribution in [3.8, 4) is 11.5 Å². The minimum atomic E-state index is -0.504. The Morgan fingerprint density at radius 2 is 2.26 bits per heavy atom. The van der Waals surface area contributed by atoms with E-state index in [0.717, 1.165) is 23.2 Å². The Balaban J connectivity index is 2.45. The second kappa shape index (κ2) is 5.25. The summed E-state index contributed by atoms with van der Waals surface area (Å²) in [6, 6.07) is 1.89. The van der Waals surface area contributed by atoms with Crippen molar-refractivity contribution in [1.29, 1.82) is 0 Å². The van der Waals surface area contributed by atoms with E-state index in [1.165, 1.54) is 0 Å². The molecule has 0 saturated carbocycles. The molecule has 0 aliphatic carbocycles. The molecule has 1 aromatic carbocycles. The van der Waals surface area contributed by atoms with Gasteiger partial charge in [0.05, 0.1) is 17.7 Å². The summed E-state index contributed by atoms with van der Waals surface area (Å²) in [5.74, 6) is 1.38. The van der Waals surface area contributed by atoms with Crippen molar-refractivity contribution in [3.63, 3.8) is 0 Å². The number of ether oxygens (including phenoxy) is 2. The molecule has 102 valence electrons. The van der Waals surface area contributed by atoms with Gasteiger partial charge in [-0.2, -0.15) is 0 Å². The van der Waals surface area contributed by atoms with Gasteiger partial charge < -0.3 is 14.3 Å². The number of carbonyl (C=O) groups is 1. The average molecular weight is 281 g/mol. The van der Waals surface area contributed by atoms with Crippen molar-refractivity contribution >= 4 is 24.0 Å². The Kier molecular flexibility index (Phi) is 3.85. The molecule has 0 radical (unpaired) electrons. The normalized spacial score (nSPS) is 20.6. The van der Waals surface area contributed by atoms with Gasteiger partial charge in [0.1, 0.15) is 23.4 Å². The third kappa shape index (κ3) is 2.61. The van der Waals surface area contributed by atoms with Crippen molar-refractivity contribution in [2.45, 2.75) is 32.3 Å². The smallest absolute Gasteiger partial charge is 0.150 e. The monoisotopic (exact) mass is 280 g/mol. The number of halogens is 1. The van der Waals surface area contributed by atoms with Gasteiger partial charge in [-0.05, 0) is 44.1 Å².